The van der Waals surface area contributed by atoms with Gasteiger partial charge < -0.3 is 9.64 Å². The third-order valence-corrected chi connectivity index (χ3v) is 5.31. The molecule has 0 amide bonds. The summed E-state index contributed by atoms with van der Waals surface area (Å²) in [6.07, 6.45) is 0.837. The van der Waals surface area contributed by atoms with Gasteiger partial charge in [-0.1, -0.05) is 37.6 Å². The summed E-state index contributed by atoms with van der Waals surface area (Å²) in [7, 11) is 0. The van der Waals surface area contributed by atoms with Crippen LogP contribution in [0.1, 0.15) is 25.8 Å². The number of benzene rings is 2. The number of nitrogens with zero attached hydrogens (tertiary/aromatic N) is 2. The maximum absolute atomic E-state index is 13.2. The Kier molecular flexibility index (Phi) is 7.32. The smallest absolute Gasteiger partial charge is 0.161 e. The molecule has 0 aliphatic carbocycles. The van der Waals surface area contributed by atoms with Crippen LogP contribution >= 0.6 is 11.6 Å². The Morgan fingerprint density at radius 3 is 2.45 bits per heavy atom. The van der Waals surface area contributed by atoms with E-state index in [1.807, 2.05) is 17.0 Å². The summed E-state index contributed by atoms with van der Waals surface area (Å²) < 4.78 is 19.1. The first kappa shape index (κ1) is 21.4. The van der Waals surface area contributed by atoms with Crippen molar-refractivity contribution in [3.05, 3.63) is 70.6 Å². The Morgan fingerprint density at radius 2 is 1.83 bits per heavy atom. The highest BCUT2D eigenvalue weighted by Crippen LogP contribution is 2.27. The van der Waals surface area contributed by atoms with E-state index in [2.05, 4.69) is 24.7 Å². The Labute approximate surface area is 176 Å². The maximum atomic E-state index is 13.2. The van der Waals surface area contributed by atoms with E-state index in [1.54, 1.807) is 24.3 Å². The number of piperazine rings is 1. The normalized spacial score (nSPS) is 17.5. The van der Waals surface area contributed by atoms with Gasteiger partial charge in [-0.3, -0.25) is 4.90 Å². The fourth-order valence-electron chi connectivity index (χ4n) is 3.58. The molecule has 0 radical (unpaired) electrons. The molecule has 0 unspecified atom stereocenters. The van der Waals surface area contributed by atoms with Gasteiger partial charge in [0.1, 0.15) is 23.2 Å². The van der Waals surface area contributed by atoms with Crippen LogP contribution in [0.15, 0.2) is 54.2 Å². The van der Waals surface area contributed by atoms with Crippen LogP contribution in [0.5, 0.6) is 5.75 Å². The zero-order valence-electron chi connectivity index (χ0n) is 16.8. The molecule has 0 N–H and O–H groups in total. The average molecular weight is 417 g/mol. The third kappa shape index (κ3) is 5.83. The van der Waals surface area contributed by atoms with E-state index in [-0.39, 0.29) is 18.6 Å². The molecule has 0 bridgehead atoms. The molecule has 0 spiro atoms. The quantitative estimate of drug-likeness (QED) is 0.609. The number of halogens is 2. The fourth-order valence-corrected chi connectivity index (χ4v) is 3.71. The van der Waals surface area contributed by atoms with Crippen LogP contribution in [-0.4, -0.2) is 41.6 Å². The minimum atomic E-state index is -0.245. The minimum Gasteiger partial charge on any atom is -0.473 e. The first-order chi connectivity index (χ1) is 14.0. The second-order valence-electron chi connectivity index (χ2n) is 7.72. The van der Waals surface area contributed by atoms with Gasteiger partial charge >= 0.3 is 0 Å². The van der Waals surface area contributed by atoms with Crippen molar-refractivity contribution in [2.75, 3.05) is 19.8 Å². The van der Waals surface area contributed by atoms with Crippen molar-refractivity contribution in [2.45, 2.75) is 32.9 Å². The first-order valence-corrected chi connectivity index (χ1v) is 10.2. The standard InChI is InChI=1S/C23H26ClFN2O2/c1-17(2)13-22-23(15-28)27(16-29-21-9-5-19(24)6-10-21)12-11-26(22)14-18-3-7-20(25)8-4-18/h3-10,17,22H,11-14,16H2,1-2H3/t22-/m1/s1. The van der Waals surface area contributed by atoms with Crippen LogP contribution in [-0.2, 0) is 11.3 Å². The van der Waals surface area contributed by atoms with Crippen LogP contribution in [0.3, 0.4) is 0 Å². The zero-order valence-corrected chi connectivity index (χ0v) is 17.5. The third-order valence-electron chi connectivity index (χ3n) is 5.05. The van der Waals surface area contributed by atoms with Gasteiger partial charge in [0.05, 0.1) is 6.04 Å². The second-order valence-corrected chi connectivity index (χ2v) is 8.16. The van der Waals surface area contributed by atoms with Gasteiger partial charge in [0.2, 0.25) is 0 Å². The van der Waals surface area contributed by atoms with E-state index in [4.69, 9.17) is 16.3 Å². The number of rotatable bonds is 7. The number of carbonyl (C=O) groups excluding carboxylic acids is 1. The van der Waals surface area contributed by atoms with E-state index in [0.717, 1.165) is 18.5 Å². The van der Waals surface area contributed by atoms with Crippen molar-refractivity contribution in [1.82, 2.24) is 9.80 Å². The van der Waals surface area contributed by atoms with Gasteiger partial charge in [-0.15, -0.1) is 0 Å². The first-order valence-electron chi connectivity index (χ1n) is 9.83. The predicted molar refractivity (Wildman–Crippen MR) is 113 cm³/mol. The highest BCUT2D eigenvalue weighted by Gasteiger charge is 2.33. The van der Waals surface area contributed by atoms with E-state index < -0.39 is 0 Å². The highest BCUT2D eigenvalue weighted by atomic mass is 35.5. The topological polar surface area (TPSA) is 32.8 Å². The molecule has 1 heterocycles. The number of hydrogen-bond acceptors (Lipinski definition) is 4. The summed E-state index contributed by atoms with van der Waals surface area (Å²) in [5.41, 5.74) is 1.64. The Balaban J connectivity index is 1.72. The van der Waals surface area contributed by atoms with Crippen molar-refractivity contribution in [1.29, 1.82) is 0 Å². The van der Waals surface area contributed by atoms with E-state index in [9.17, 15) is 9.18 Å². The molecule has 154 valence electrons. The van der Waals surface area contributed by atoms with Crippen molar-refractivity contribution < 1.29 is 13.9 Å². The molecule has 0 aromatic heterocycles. The molecule has 29 heavy (non-hydrogen) atoms. The zero-order chi connectivity index (χ0) is 20.8. The lowest BCUT2D eigenvalue weighted by Gasteiger charge is -2.43. The molecular weight excluding hydrogens is 391 g/mol. The van der Waals surface area contributed by atoms with Gasteiger partial charge in [0.25, 0.3) is 0 Å². The molecule has 4 nitrogen and oxygen atoms in total. The molecule has 1 fully saturated rings. The van der Waals surface area contributed by atoms with Crippen LogP contribution in [0.4, 0.5) is 4.39 Å². The Hall–Kier alpha value is -2.33. The maximum Gasteiger partial charge on any atom is 0.161 e. The molecule has 1 atom stereocenters. The molecule has 0 saturated carbocycles. The fraction of sp³-hybridized carbons (Fsp3) is 0.391. The van der Waals surface area contributed by atoms with Crippen LogP contribution in [0, 0.1) is 11.7 Å². The number of hydrogen-bond donors (Lipinski definition) is 0. The van der Waals surface area contributed by atoms with Gasteiger partial charge in [-0.25, -0.2) is 9.18 Å². The summed E-state index contributed by atoms with van der Waals surface area (Å²) in [6.45, 7) is 6.67. The van der Waals surface area contributed by atoms with Crippen molar-refractivity contribution >= 4 is 17.5 Å². The molecule has 1 aliphatic heterocycles. The van der Waals surface area contributed by atoms with Crippen LogP contribution in [0.25, 0.3) is 0 Å². The van der Waals surface area contributed by atoms with E-state index in [0.29, 0.717) is 35.5 Å². The molecule has 3 rings (SSSR count). The van der Waals surface area contributed by atoms with Crippen LogP contribution in [0.2, 0.25) is 5.02 Å². The lowest BCUT2D eigenvalue weighted by molar-refractivity contribution is 0.0597. The van der Waals surface area contributed by atoms with Gasteiger partial charge in [-0.2, -0.15) is 0 Å². The average Bonchev–Trinajstić information content (AvgIpc) is 2.70. The second kappa shape index (κ2) is 9.93. The lowest BCUT2D eigenvalue weighted by atomic mass is 9.96. The van der Waals surface area contributed by atoms with E-state index in [1.165, 1.54) is 12.1 Å². The molecule has 1 aliphatic rings. The largest absolute Gasteiger partial charge is 0.473 e. The summed E-state index contributed by atoms with van der Waals surface area (Å²) in [6, 6.07) is 13.6. The summed E-state index contributed by atoms with van der Waals surface area (Å²) in [5, 5.41) is 0.650. The summed E-state index contributed by atoms with van der Waals surface area (Å²) >= 11 is 5.92. The van der Waals surface area contributed by atoms with Gasteiger partial charge in [0.15, 0.2) is 6.73 Å². The monoisotopic (exact) mass is 416 g/mol. The summed E-state index contributed by atoms with van der Waals surface area (Å²) in [5.74, 6) is 3.04. The van der Waals surface area contributed by atoms with Crippen molar-refractivity contribution in [3.8, 4) is 5.75 Å². The number of ether oxygens (including phenoxy) is 1. The predicted octanol–water partition coefficient (Wildman–Crippen LogP) is 4.76. The Morgan fingerprint density at radius 1 is 1.14 bits per heavy atom. The van der Waals surface area contributed by atoms with Crippen LogP contribution < -0.4 is 4.74 Å². The molecule has 2 aromatic carbocycles. The SMILES string of the molecule is CC(C)C[C@@H]1C(=C=O)N(COc2ccc(Cl)cc2)CCN1Cc1ccc(F)cc1. The van der Waals surface area contributed by atoms with E-state index >= 15 is 0 Å². The molecular formula is C23H26ClFN2O2. The molecule has 2 aromatic rings. The highest BCUT2D eigenvalue weighted by molar-refractivity contribution is 6.30. The van der Waals surface area contributed by atoms with Crippen molar-refractivity contribution in [3.63, 3.8) is 0 Å². The van der Waals surface area contributed by atoms with Gasteiger partial charge in [-0.05, 0) is 54.3 Å². The minimum absolute atomic E-state index is 0.0554. The molecule has 1 saturated heterocycles. The lowest BCUT2D eigenvalue weighted by Crippen LogP contribution is -2.52. The molecule has 6 heteroatoms. The Bertz CT molecular complexity index is 848. The summed E-state index contributed by atoms with van der Waals surface area (Å²) in [4.78, 5) is 16.1. The van der Waals surface area contributed by atoms with Gasteiger partial charge in [0, 0.05) is 24.7 Å². The van der Waals surface area contributed by atoms with Crippen molar-refractivity contribution in [2.24, 2.45) is 5.92 Å².